The van der Waals surface area contributed by atoms with Gasteiger partial charge in [0.1, 0.15) is 0 Å². The molecule has 0 aliphatic carbocycles. The highest BCUT2D eigenvalue weighted by atomic mass is 79.9. The van der Waals surface area contributed by atoms with Crippen LogP contribution in [-0.4, -0.2) is 11.5 Å². The lowest BCUT2D eigenvalue weighted by molar-refractivity contribution is 0.338. The summed E-state index contributed by atoms with van der Waals surface area (Å²) in [4.78, 5) is 4.76. The fourth-order valence-corrected chi connectivity index (χ4v) is 3.61. The topological polar surface area (TPSA) is 38.9 Å². The van der Waals surface area contributed by atoms with Crippen molar-refractivity contribution in [2.45, 2.75) is 26.7 Å². The Balaban J connectivity index is 2.18. The summed E-state index contributed by atoms with van der Waals surface area (Å²) in [6, 6.07) is 8.20. The molecular weight excluding hydrogens is 320 g/mol. The van der Waals surface area contributed by atoms with E-state index >= 15 is 0 Å². The molecule has 1 aromatic carbocycles. The second kappa shape index (κ2) is 6.16. The van der Waals surface area contributed by atoms with Gasteiger partial charge in [-0.1, -0.05) is 48.0 Å². The number of hydrogen-bond donors (Lipinski definition) is 1. The van der Waals surface area contributed by atoms with E-state index in [1.807, 2.05) is 18.2 Å². The molecule has 2 rings (SSSR count). The monoisotopic (exact) mass is 338 g/mol. The van der Waals surface area contributed by atoms with Gasteiger partial charge < -0.3 is 5.73 Å². The highest BCUT2D eigenvalue weighted by Gasteiger charge is 2.19. The number of aromatic nitrogens is 1. The third kappa shape index (κ3) is 3.88. The van der Waals surface area contributed by atoms with Crippen LogP contribution < -0.4 is 5.73 Å². The average Bonchev–Trinajstić information content (AvgIpc) is 2.77. The maximum atomic E-state index is 5.66. The van der Waals surface area contributed by atoms with Crippen LogP contribution in [0.25, 0.3) is 11.3 Å². The second-order valence-corrected chi connectivity index (χ2v) is 7.28. The number of nitrogens with zero attached hydrogens (tertiary/aromatic N) is 1. The molecule has 2 nitrogen and oxygen atoms in total. The maximum absolute atomic E-state index is 5.66. The van der Waals surface area contributed by atoms with Crippen molar-refractivity contribution in [2.24, 2.45) is 11.1 Å². The van der Waals surface area contributed by atoms with Gasteiger partial charge in [0.2, 0.25) is 0 Å². The van der Waals surface area contributed by atoms with Crippen molar-refractivity contribution in [3.63, 3.8) is 0 Å². The molecule has 0 fully saturated rings. The molecule has 4 heteroatoms. The van der Waals surface area contributed by atoms with Gasteiger partial charge in [-0.25, -0.2) is 4.98 Å². The van der Waals surface area contributed by atoms with Crippen molar-refractivity contribution in [1.82, 2.24) is 4.98 Å². The Hall–Kier alpha value is -0.710. The van der Waals surface area contributed by atoms with E-state index in [2.05, 4.69) is 41.2 Å². The molecule has 0 bridgehead atoms. The molecule has 0 aliphatic rings. The van der Waals surface area contributed by atoms with Crippen LogP contribution in [0.4, 0.5) is 0 Å². The lowest BCUT2D eigenvalue weighted by Gasteiger charge is -2.22. The molecule has 2 N–H and O–H groups in total. The quantitative estimate of drug-likeness (QED) is 0.872. The minimum atomic E-state index is 0.220. The van der Waals surface area contributed by atoms with Gasteiger partial charge >= 0.3 is 0 Å². The first kappa shape index (κ1) is 14.7. The summed E-state index contributed by atoms with van der Waals surface area (Å²) >= 11 is 5.31. The standard InChI is InChI=1S/C15H19BrN2S/c1-15(2,7-8-17)9-14-18-13(10-19-14)11-5-3-4-6-12(11)16/h3-6,10H,7-9,17H2,1-2H3. The van der Waals surface area contributed by atoms with Crippen molar-refractivity contribution in [1.29, 1.82) is 0 Å². The molecule has 0 aliphatic heterocycles. The van der Waals surface area contributed by atoms with E-state index in [0.29, 0.717) is 0 Å². The Kier molecular flexibility index (Phi) is 4.76. The highest BCUT2D eigenvalue weighted by molar-refractivity contribution is 9.10. The molecule has 0 unspecified atom stereocenters. The molecule has 0 spiro atoms. The van der Waals surface area contributed by atoms with Crippen molar-refractivity contribution < 1.29 is 0 Å². The maximum Gasteiger partial charge on any atom is 0.0937 e. The molecule has 0 radical (unpaired) electrons. The number of thiazole rings is 1. The summed E-state index contributed by atoms with van der Waals surface area (Å²) in [6.45, 7) is 5.23. The van der Waals surface area contributed by atoms with E-state index in [4.69, 9.17) is 10.7 Å². The fourth-order valence-electron chi connectivity index (χ4n) is 2.07. The van der Waals surface area contributed by atoms with Crippen LogP contribution >= 0.6 is 27.3 Å². The van der Waals surface area contributed by atoms with Gasteiger partial charge in [-0.05, 0) is 24.4 Å². The molecule has 102 valence electrons. The van der Waals surface area contributed by atoms with Gasteiger partial charge in [0.25, 0.3) is 0 Å². The molecule has 19 heavy (non-hydrogen) atoms. The average molecular weight is 339 g/mol. The first-order valence-corrected chi connectivity index (χ1v) is 8.08. The Morgan fingerprint density at radius 2 is 2.05 bits per heavy atom. The van der Waals surface area contributed by atoms with E-state index in [1.165, 1.54) is 5.01 Å². The lowest BCUT2D eigenvalue weighted by atomic mass is 9.86. The molecule has 1 aromatic heterocycles. The van der Waals surface area contributed by atoms with E-state index < -0.39 is 0 Å². The highest BCUT2D eigenvalue weighted by Crippen LogP contribution is 2.32. The molecule has 0 amide bonds. The number of rotatable bonds is 5. The Morgan fingerprint density at radius 1 is 1.32 bits per heavy atom. The fraction of sp³-hybridized carbons (Fsp3) is 0.400. The largest absolute Gasteiger partial charge is 0.330 e. The van der Waals surface area contributed by atoms with Gasteiger partial charge in [-0.3, -0.25) is 0 Å². The zero-order valence-electron chi connectivity index (χ0n) is 11.3. The van der Waals surface area contributed by atoms with Gasteiger partial charge in [-0.2, -0.15) is 0 Å². The number of halogens is 1. The summed E-state index contributed by atoms with van der Waals surface area (Å²) in [5, 5.41) is 3.32. The summed E-state index contributed by atoms with van der Waals surface area (Å²) in [7, 11) is 0. The first-order chi connectivity index (χ1) is 9.02. The predicted molar refractivity (Wildman–Crippen MR) is 86.4 cm³/mol. The zero-order chi connectivity index (χ0) is 13.9. The predicted octanol–water partition coefficient (Wildman–Crippen LogP) is 4.49. The van der Waals surface area contributed by atoms with Gasteiger partial charge in [0.05, 0.1) is 10.7 Å². The van der Waals surface area contributed by atoms with Gasteiger partial charge in [0.15, 0.2) is 0 Å². The molecular formula is C15H19BrN2S. The van der Waals surface area contributed by atoms with E-state index in [9.17, 15) is 0 Å². The normalized spacial score (nSPS) is 11.8. The summed E-state index contributed by atoms with van der Waals surface area (Å²) in [5.74, 6) is 0. The molecule has 0 saturated heterocycles. The molecule has 2 aromatic rings. The smallest absolute Gasteiger partial charge is 0.0937 e. The van der Waals surface area contributed by atoms with Crippen LogP contribution in [0, 0.1) is 5.41 Å². The van der Waals surface area contributed by atoms with E-state index in [1.54, 1.807) is 11.3 Å². The van der Waals surface area contributed by atoms with E-state index in [-0.39, 0.29) is 5.41 Å². The number of nitrogens with two attached hydrogens (primary N) is 1. The van der Waals surface area contributed by atoms with Crippen LogP contribution in [-0.2, 0) is 6.42 Å². The Morgan fingerprint density at radius 3 is 2.74 bits per heavy atom. The minimum absolute atomic E-state index is 0.220. The number of benzene rings is 1. The second-order valence-electron chi connectivity index (χ2n) is 5.49. The van der Waals surface area contributed by atoms with Crippen LogP contribution in [0.3, 0.4) is 0 Å². The zero-order valence-corrected chi connectivity index (χ0v) is 13.7. The third-order valence-corrected chi connectivity index (χ3v) is 4.69. The van der Waals surface area contributed by atoms with E-state index in [0.717, 1.165) is 35.1 Å². The Labute approximate surface area is 127 Å². The van der Waals surface area contributed by atoms with Crippen molar-refractivity contribution in [3.8, 4) is 11.3 Å². The van der Waals surface area contributed by atoms with Crippen LogP contribution in [0.5, 0.6) is 0 Å². The summed E-state index contributed by atoms with van der Waals surface area (Å²) in [6.07, 6.45) is 2.01. The SMILES string of the molecule is CC(C)(CCN)Cc1nc(-c2ccccc2Br)cs1. The summed E-state index contributed by atoms with van der Waals surface area (Å²) < 4.78 is 1.09. The third-order valence-electron chi connectivity index (χ3n) is 3.15. The van der Waals surface area contributed by atoms with Gasteiger partial charge in [0, 0.05) is 21.8 Å². The van der Waals surface area contributed by atoms with Crippen LogP contribution in [0.2, 0.25) is 0 Å². The van der Waals surface area contributed by atoms with Crippen molar-refractivity contribution in [2.75, 3.05) is 6.54 Å². The van der Waals surface area contributed by atoms with Crippen LogP contribution in [0.15, 0.2) is 34.1 Å². The molecule has 1 heterocycles. The minimum Gasteiger partial charge on any atom is -0.330 e. The van der Waals surface area contributed by atoms with Crippen LogP contribution in [0.1, 0.15) is 25.3 Å². The van der Waals surface area contributed by atoms with Gasteiger partial charge in [-0.15, -0.1) is 11.3 Å². The first-order valence-electron chi connectivity index (χ1n) is 6.41. The number of hydrogen-bond acceptors (Lipinski definition) is 3. The molecule has 0 atom stereocenters. The summed E-state index contributed by atoms with van der Waals surface area (Å²) in [5.41, 5.74) is 8.09. The molecule has 0 saturated carbocycles. The van der Waals surface area contributed by atoms with Crippen molar-refractivity contribution >= 4 is 27.3 Å². The lowest BCUT2D eigenvalue weighted by Crippen LogP contribution is -2.19. The van der Waals surface area contributed by atoms with Crippen molar-refractivity contribution in [3.05, 3.63) is 39.1 Å². The Bertz CT molecular complexity index is 549.